The van der Waals surface area contributed by atoms with Crippen LogP contribution in [0.1, 0.15) is 58.4 Å². The molecule has 0 radical (unpaired) electrons. The largest absolute Gasteiger partial charge is 0.467 e. The fourth-order valence-electron chi connectivity index (χ4n) is 3.77. The van der Waals surface area contributed by atoms with E-state index >= 15 is 0 Å². The van der Waals surface area contributed by atoms with Crippen molar-refractivity contribution in [2.75, 3.05) is 12.0 Å². The molecule has 2 atom stereocenters. The lowest BCUT2D eigenvalue weighted by Gasteiger charge is -2.50. The van der Waals surface area contributed by atoms with Crippen LogP contribution in [0.3, 0.4) is 0 Å². The number of anilines is 1. The number of carbonyl (C=O) groups excluding carboxylic acids is 1. The zero-order valence-electron chi connectivity index (χ0n) is 14.1. The van der Waals surface area contributed by atoms with Crippen molar-refractivity contribution in [3.8, 4) is 0 Å². The lowest BCUT2D eigenvalue weighted by molar-refractivity contribution is -0.142. The smallest absolute Gasteiger partial charge is 0.328 e. The van der Waals surface area contributed by atoms with Gasteiger partial charge in [-0.2, -0.15) is 0 Å². The number of hydrogen-bond acceptors (Lipinski definition) is 3. The maximum Gasteiger partial charge on any atom is 0.328 e. The van der Waals surface area contributed by atoms with Crippen molar-refractivity contribution >= 4 is 11.7 Å². The van der Waals surface area contributed by atoms with E-state index in [4.69, 9.17) is 4.74 Å². The predicted octanol–water partition coefficient (Wildman–Crippen LogP) is 4.26. The highest BCUT2D eigenvalue weighted by molar-refractivity contribution is 5.81. The molecule has 22 heavy (non-hydrogen) atoms. The van der Waals surface area contributed by atoms with Gasteiger partial charge in [0.05, 0.1) is 7.11 Å². The minimum absolute atomic E-state index is 0.182. The Morgan fingerprint density at radius 1 is 1.50 bits per heavy atom. The molecule has 4 heteroatoms. The summed E-state index contributed by atoms with van der Waals surface area (Å²) < 4.78 is 18.7. The predicted molar refractivity (Wildman–Crippen MR) is 86.7 cm³/mol. The quantitative estimate of drug-likeness (QED) is 0.778. The second-order valence-electron chi connectivity index (χ2n) is 6.82. The zero-order chi connectivity index (χ0) is 16.5. The third-order valence-corrected chi connectivity index (χ3v) is 4.58. The van der Waals surface area contributed by atoms with Gasteiger partial charge >= 0.3 is 5.97 Å². The molecule has 0 N–H and O–H groups in total. The summed E-state index contributed by atoms with van der Waals surface area (Å²) in [6.45, 7) is 8.45. The van der Waals surface area contributed by atoms with E-state index in [0.29, 0.717) is 0 Å². The molecule has 1 heterocycles. The fraction of sp³-hybridized carbons (Fsp3) is 0.611. The molecule has 3 nitrogen and oxygen atoms in total. The number of benzene rings is 1. The Bertz CT molecular complexity index is 556. The van der Waals surface area contributed by atoms with Crippen molar-refractivity contribution in [2.45, 2.75) is 64.5 Å². The van der Waals surface area contributed by atoms with E-state index in [0.717, 1.165) is 30.5 Å². The van der Waals surface area contributed by atoms with Crippen molar-refractivity contribution in [3.05, 3.63) is 29.6 Å². The number of rotatable bonds is 4. The molecule has 122 valence electrons. The molecular formula is C18H26FNO2. The second-order valence-corrected chi connectivity index (χ2v) is 6.82. The van der Waals surface area contributed by atoms with Crippen LogP contribution < -0.4 is 4.90 Å². The topological polar surface area (TPSA) is 29.5 Å². The van der Waals surface area contributed by atoms with Gasteiger partial charge in [-0.3, -0.25) is 0 Å². The van der Waals surface area contributed by atoms with Crippen LogP contribution in [-0.2, 0) is 9.53 Å². The van der Waals surface area contributed by atoms with Crippen LogP contribution in [0, 0.1) is 5.82 Å². The normalized spacial score (nSPS) is 21.2. The molecule has 0 unspecified atom stereocenters. The fourth-order valence-corrected chi connectivity index (χ4v) is 3.77. The molecule has 1 aromatic rings. The molecule has 0 saturated carbocycles. The summed E-state index contributed by atoms with van der Waals surface area (Å²) in [5, 5.41) is 0. The molecular weight excluding hydrogens is 281 g/mol. The van der Waals surface area contributed by atoms with Gasteiger partial charge in [-0.1, -0.05) is 20.3 Å². The van der Waals surface area contributed by atoms with Gasteiger partial charge in [-0.15, -0.1) is 0 Å². The molecule has 0 spiro atoms. The summed E-state index contributed by atoms with van der Waals surface area (Å²) >= 11 is 0. The zero-order valence-corrected chi connectivity index (χ0v) is 14.1. The summed E-state index contributed by atoms with van der Waals surface area (Å²) in [7, 11) is 1.43. The molecule has 2 rings (SSSR count). The van der Waals surface area contributed by atoms with Gasteiger partial charge in [0.2, 0.25) is 0 Å². The molecule has 1 aliphatic heterocycles. The highest BCUT2D eigenvalue weighted by Gasteiger charge is 2.42. The summed E-state index contributed by atoms with van der Waals surface area (Å²) in [6, 6.07) is 4.54. The maximum absolute atomic E-state index is 13.7. The van der Waals surface area contributed by atoms with Crippen LogP contribution in [-0.4, -0.2) is 24.7 Å². The summed E-state index contributed by atoms with van der Waals surface area (Å²) in [5.74, 6) is -0.188. The number of ether oxygens (including phenoxy) is 1. The molecule has 0 aliphatic carbocycles. The molecule has 1 aliphatic rings. The van der Waals surface area contributed by atoms with Gasteiger partial charge in [0, 0.05) is 11.2 Å². The lowest BCUT2D eigenvalue weighted by atomic mass is 9.78. The van der Waals surface area contributed by atoms with Crippen LogP contribution >= 0.6 is 0 Å². The monoisotopic (exact) mass is 307 g/mol. The van der Waals surface area contributed by atoms with E-state index in [9.17, 15) is 9.18 Å². The number of carbonyl (C=O) groups is 1. The SMILES string of the molecule is CCC[C@H](C(=O)OC)N1c2ccc(F)cc2[C@H](C)CC1(C)C. The number of halogens is 1. The minimum atomic E-state index is -0.332. The number of esters is 1. The lowest BCUT2D eigenvalue weighted by Crippen LogP contribution is -2.56. The first kappa shape index (κ1) is 16.8. The van der Waals surface area contributed by atoms with Gasteiger partial charge in [0.15, 0.2) is 0 Å². The Morgan fingerprint density at radius 3 is 2.77 bits per heavy atom. The Kier molecular flexibility index (Phi) is 4.78. The number of methoxy groups -OCH3 is 1. The van der Waals surface area contributed by atoms with E-state index in [2.05, 4.69) is 32.6 Å². The molecule has 0 amide bonds. The third-order valence-electron chi connectivity index (χ3n) is 4.58. The molecule has 0 aromatic heterocycles. The molecule has 0 fully saturated rings. The second kappa shape index (κ2) is 6.27. The van der Waals surface area contributed by atoms with Crippen molar-refractivity contribution in [1.82, 2.24) is 0 Å². The van der Waals surface area contributed by atoms with E-state index in [-0.39, 0.29) is 29.3 Å². The standard InChI is InChI=1S/C18H26FNO2/c1-6-7-16(17(21)22-5)20-15-9-8-13(19)10-14(15)12(2)11-18(20,3)4/h8-10,12,16H,6-7,11H2,1-5H3/t12-,16-/m1/s1. The average Bonchev–Trinajstić information content (AvgIpc) is 2.45. The van der Waals surface area contributed by atoms with Crippen LogP contribution in [0.4, 0.5) is 10.1 Å². The number of fused-ring (bicyclic) bond motifs is 1. The van der Waals surface area contributed by atoms with Gasteiger partial charge in [0.25, 0.3) is 0 Å². The van der Waals surface area contributed by atoms with E-state index < -0.39 is 0 Å². The number of nitrogens with zero attached hydrogens (tertiary/aromatic N) is 1. The van der Waals surface area contributed by atoms with E-state index in [1.165, 1.54) is 13.2 Å². The van der Waals surface area contributed by atoms with Crippen molar-refractivity contribution in [3.63, 3.8) is 0 Å². The highest BCUT2D eigenvalue weighted by Crippen LogP contribution is 2.45. The first-order chi connectivity index (χ1) is 10.3. The van der Waals surface area contributed by atoms with E-state index in [1.54, 1.807) is 12.1 Å². The van der Waals surface area contributed by atoms with Gasteiger partial charge in [-0.25, -0.2) is 9.18 Å². The van der Waals surface area contributed by atoms with Gasteiger partial charge in [0.1, 0.15) is 11.9 Å². The van der Waals surface area contributed by atoms with Gasteiger partial charge < -0.3 is 9.64 Å². The van der Waals surface area contributed by atoms with Crippen molar-refractivity contribution in [1.29, 1.82) is 0 Å². The van der Waals surface area contributed by atoms with E-state index in [1.807, 2.05) is 0 Å². The summed E-state index contributed by atoms with van der Waals surface area (Å²) in [6.07, 6.45) is 2.49. The highest BCUT2D eigenvalue weighted by atomic mass is 19.1. The minimum Gasteiger partial charge on any atom is -0.467 e. The molecule has 0 saturated heterocycles. The Morgan fingerprint density at radius 2 is 2.18 bits per heavy atom. The van der Waals surface area contributed by atoms with Crippen LogP contribution in [0.15, 0.2) is 18.2 Å². The van der Waals surface area contributed by atoms with Crippen molar-refractivity contribution < 1.29 is 13.9 Å². The summed E-state index contributed by atoms with van der Waals surface area (Å²) in [5.41, 5.74) is 1.75. The van der Waals surface area contributed by atoms with Crippen LogP contribution in [0.25, 0.3) is 0 Å². The number of hydrogen-bond donors (Lipinski definition) is 0. The Balaban J connectivity index is 2.56. The van der Waals surface area contributed by atoms with Crippen LogP contribution in [0.5, 0.6) is 0 Å². The van der Waals surface area contributed by atoms with Crippen LogP contribution in [0.2, 0.25) is 0 Å². The van der Waals surface area contributed by atoms with Crippen molar-refractivity contribution in [2.24, 2.45) is 0 Å². The first-order valence-corrected chi connectivity index (χ1v) is 7.98. The average molecular weight is 307 g/mol. The molecule has 0 bridgehead atoms. The third kappa shape index (κ3) is 2.96. The maximum atomic E-state index is 13.7. The molecule has 1 aromatic carbocycles. The Hall–Kier alpha value is -1.58. The summed E-state index contributed by atoms with van der Waals surface area (Å²) in [4.78, 5) is 14.4. The van der Waals surface area contributed by atoms with Gasteiger partial charge in [-0.05, 0) is 56.4 Å². The Labute approximate surface area is 132 Å². The first-order valence-electron chi connectivity index (χ1n) is 7.98.